The lowest BCUT2D eigenvalue weighted by atomic mass is 10.1. The van der Waals surface area contributed by atoms with E-state index in [2.05, 4.69) is 76.2 Å². The first kappa shape index (κ1) is 17.7. The van der Waals surface area contributed by atoms with Gasteiger partial charge >= 0.3 is 0 Å². The fourth-order valence-electron chi connectivity index (χ4n) is 3.77. The molecule has 0 amide bonds. The number of pyridine rings is 1. The molecule has 0 aliphatic carbocycles. The molecule has 0 aliphatic heterocycles. The molecule has 0 bridgehead atoms. The molecule has 2 aromatic heterocycles. The summed E-state index contributed by atoms with van der Waals surface area (Å²) in [4.78, 5) is 6.84. The molecule has 4 aromatic rings. The molecule has 0 fully saturated rings. The molecule has 0 N–H and O–H groups in total. The van der Waals surface area contributed by atoms with Gasteiger partial charge in [-0.15, -0.1) is 0 Å². The van der Waals surface area contributed by atoms with Crippen LogP contribution in [0.25, 0.3) is 21.8 Å². The Labute approximate surface area is 160 Å². The Morgan fingerprint density at radius 2 is 1.74 bits per heavy atom. The van der Waals surface area contributed by atoms with Crippen LogP contribution in [0, 0.1) is 0 Å². The summed E-state index contributed by atoms with van der Waals surface area (Å²) in [7, 11) is 3.93. The number of aromatic nitrogens is 2. The van der Waals surface area contributed by atoms with Crippen LogP contribution in [0.4, 0.5) is 0 Å². The third kappa shape index (κ3) is 3.72. The number of rotatable bonds is 7. The highest BCUT2D eigenvalue weighted by Gasteiger charge is 2.11. The molecule has 2 aromatic carbocycles. The van der Waals surface area contributed by atoms with E-state index in [0.29, 0.717) is 0 Å². The quantitative estimate of drug-likeness (QED) is 0.488. The molecule has 4 rings (SSSR count). The van der Waals surface area contributed by atoms with Crippen molar-refractivity contribution in [2.45, 2.75) is 19.6 Å². The summed E-state index contributed by atoms with van der Waals surface area (Å²) >= 11 is 0. The van der Waals surface area contributed by atoms with Crippen LogP contribution in [0.2, 0.25) is 0 Å². The van der Waals surface area contributed by atoms with E-state index < -0.39 is 0 Å². The van der Waals surface area contributed by atoms with Crippen molar-refractivity contribution in [3.63, 3.8) is 0 Å². The van der Waals surface area contributed by atoms with Crippen LogP contribution in [-0.4, -0.2) is 35.2 Å². The normalized spacial score (nSPS) is 11.7. The highest BCUT2D eigenvalue weighted by molar-refractivity contribution is 5.84. The molecule has 0 atom stereocenters. The summed E-state index contributed by atoms with van der Waals surface area (Å²) in [5.41, 5.74) is 4.99. The van der Waals surface area contributed by atoms with Gasteiger partial charge in [0.2, 0.25) is 0 Å². The summed E-state index contributed by atoms with van der Waals surface area (Å²) in [6.45, 7) is 3.38. The lowest BCUT2D eigenvalue weighted by Crippen LogP contribution is -2.17. The number of nitrogens with zero attached hydrogens (tertiary/aromatic N) is 3. The van der Waals surface area contributed by atoms with Crippen molar-refractivity contribution in [2.24, 2.45) is 0 Å². The van der Waals surface area contributed by atoms with Crippen molar-refractivity contribution >= 4 is 21.8 Å². The zero-order valence-electron chi connectivity index (χ0n) is 15.9. The number of ether oxygens (including phenoxy) is 1. The molecule has 0 unspecified atom stereocenters. The molecular weight excluding hydrogens is 334 g/mol. The molecule has 2 heterocycles. The van der Waals surface area contributed by atoms with Gasteiger partial charge in [-0.05, 0) is 36.4 Å². The maximum Gasteiger partial charge on any atom is 0.0705 e. The maximum absolute atomic E-state index is 5.27. The van der Waals surface area contributed by atoms with Gasteiger partial charge in [0.25, 0.3) is 0 Å². The van der Waals surface area contributed by atoms with Crippen molar-refractivity contribution in [1.29, 1.82) is 0 Å². The van der Waals surface area contributed by atoms with Crippen LogP contribution in [0.15, 0.2) is 67.0 Å². The van der Waals surface area contributed by atoms with Crippen molar-refractivity contribution < 1.29 is 4.74 Å². The molecular formula is C23H25N3O. The monoisotopic (exact) mass is 359 g/mol. The SMILES string of the molecule is COCCn1cc(CN(C)Cc2cccc3ncccc23)c2ccccc21. The summed E-state index contributed by atoms with van der Waals surface area (Å²) in [5, 5.41) is 2.55. The van der Waals surface area contributed by atoms with Gasteiger partial charge in [-0.2, -0.15) is 0 Å². The van der Waals surface area contributed by atoms with Crippen LogP contribution in [0.3, 0.4) is 0 Å². The molecule has 0 aliphatic rings. The molecule has 4 nitrogen and oxygen atoms in total. The first-order chi connectivity index (χ1) is 13.3. The zero-order valence-corrected chi connectivity index (χ0v) is 15.9. The second-order valence-corrected chi connectivity index (χ2v) is 7.02. The molecule has 138 valence electrons. The van der Waals surface area contributed by atoms with Crippen LogP contribution < -0.4 is 0 Å². The minimum absolute atomic E-state index is 0.719. The van der Waals surface area contributed by atoms with Crippen LogP contribution in [0.1, 0.15) is 11.1 Å². The van der Waals surface area contributed by atoms with E-state index in [1.165, 1.54) is 27.4 Å². The van der Waals surface area contributed by atoms with Crippen LogP contribution in [-0.2, 0) is 24.4 Å². The number of benzene rings is 2. The third-order valence-corrected chi connectivity index (χ3v) is 5.02. The molecule has 0 radical (unpaired) electrons. The van der Waals surface area contributed by atoms with E-state index >= 15 is 0 Å². The Kier molecular flexibility index (Phi) is 5.19. The van der Waals surface area contributed by atoms with Crippen molar-refractivity contribution in [2.75, 3.05) is 20.8 Å². The predicted octanol–water partition coefficient (Wildman–Crippen LogP) is 4.47. The Hall–Kier alpha value is -2.69. The van der Waals surface area contributed by atoms with E-state index in [1.54, 1.807) is 7.11 Å². The van der Waals surface area contributed by atoms with Gasteiger partial charge in [0, 0.05) is 55.4 Å². The molecule has 0 spiro atoms. The minimum atomic E-state index is 0.719. The third-order valence-electron chi connectivity index (χ3n) is 5.02. The number of hydrogen-bond donors (Lipinski definition) is 0. The summed E-state index contributed by atoms with van der Waals surface area (Å²) in [5.74, 6) is 0. The van der Waals surface area contributed by atoms with E-state index in [1.807, 2.05) is 12.3 Å². The van der Waals surface area contributed by atoms with Gasteiger partial charge in [-0.1, -0.05) is 36.4 Å². The fourth-order valence-corrected chi connectivity index (χ4v) is 3.77. The lowest BCUT2D eigenvalue weighted by molar-refractivity contribution is 0.188. The van der Waals surface area contributed by atoms with Crippen LogP contribution >= 0.6 is 0 Å². The first-order valence-electron chi connectivity index (χ1n) is 9.33. The van der Waals surface area contributed by atoms with Gasteiger partial charge < -0.3 is 9.30 Å². The van der Waals surface area contributed by atoms with E-state index in [4.69, 9.17) is 4.74 Å². The van der Waals surface area contributed by atoms with Gasteiger partial charge in [0.05, 0.1) is 12.1 Å². The first-order valence-corrected chi connectivity index (χ1v) is 9.33. The predicted molar refractivity (Wildman–Crippen MR) is 111 cm³/mol. The highest BCUT2D eigenvalue weighted by Crippen LogP contribution is 2.24. The average molecular weight is 359 g/mol. The molecule has 27 heavy (non-hydrogen) atoms. The fraction of sp³-hybridized carbons (Fsp3) is 0.261. The smallest absolute Gasteiger partial charge is 0.0705 e. The van der Waals surface area contributed by atoms with Gasteiger partial charge in [0.15, 0.2) is 0 Å². The number of methoxy groups -OCH3 is 1. The largest absolute Gasteiger partial charge is 0.383 e. The zero-order chi connectivity index (χ0) is 18.6. The topological polar surface area (TPSA) is 30.3 Å². The van der Waals surface area contributed by atoms with E-state index in [9.17, 15) is 0 Å². The second-order valence-electron chi connectivity index (χ2n) is 7.02. The second kappa shape index (κ2) is 7.91. The van der Waals surface area contributed by atoms with Crippen molar-refractivity contribution in [1.82, 2.24) is 14.5 Å². The maximum atomic E-state index is 5.27. The Bertz CT molecular complexity index is 1050. The summed E-state index contributed by atoms with van der Waals surface area (Å²) in [6.07, 6.45) is 4.12. The standard InChI is InChI=1S/C23H25N3O/c1-25(15-18-7-5-10-22-20(18)9-6-12-24-22)16-19-17-26(13-14-27-2)23-11-4-3-8-21(19)23/h3-12,17H,13-16H2,1-2H3. The van der Waals surface area contributed by atoms with E-state index in [0.717, 1.165) is 31.8 Å². The lowest BCUT2D eigenvalue weighted by Gasteiger charge is -2.17. The summed E-state index contributed by atoms with van der Waals surface area (Å²) < 4.78 is 7.56. The number of fused-ring (bicyclic) bond motifs is 2. The minimum Gasteiger partial charge on any atom is -0.383 e. The Morgan fingerprint density at radius 3 is 2.63 bits per heavy atom. The van der Waals surface area contributed by atoms with Crippen molar-refractivity contribution in [3.8, 4) is 0 Å². The average Bonchev–Trinajstić information content (AvgIpc) is 3.04. The number of para-hydroxylation sites is 1. The van der Waals surface area contributed by atoms with Gasteiger partial charge in [0.1, 0.15) is 0 Å². The summed E-state index contributed by atoms with van der Waals surface area (Å²) in [6, 6.07) is 19.1. The van der Waals surface area contributed by atoms with Gasteiger partial charge in [-0.3, -0.25) is 9.88 Å². The Balaban J connectivity index is 1.58. The van der Waals surface area contributed by atoms with E-state index in [-0.39, 0.29) is 0 Å². The van der Waals surface area contributed by atoms with Crippen LogP contribution in [0.5, 0.6) is 0 Å². The molecule has 4 heteroatoms. The van der Waals surface area contributed by atoms with Crippen molar-refractivity contribution in [3.05, 3.63) is 78.1 Å². The number of hydrogen-bond acceptors (Lipinski definition) is 3. The highest BCUT2D eigenvalue weighted by atomic mass is 16.5. The van der Waals surface area contributed by atoms with Gasteiger partial charge in [-0.25, -0.2) is 0 Å². The Morgan fingerprint density at radius 1 is 0.926 bits per heavy atom. The molecule has 0 saturated carbocycles. The molecule has 0 saturated heterocycles.